The van der Waals surface area contributed by atoms with Crippen LogP contribution in [0.25, 0.3) is 0 Å². The molecule has 0 radical (unpaired) electrons. The van der Waals surface area contributed by atoms with Crippen LogP contribution in [0.15, 0.2) is 70.5 Å². The maximum absolute atomic E-state index is 10.8. The van der Waals surface area contributed by atoms with E-state index in [0.717, 1.165) is 0 Å². The molecule has 0 aliphatic carbocycles. The van der Waals surface area contributed by atoms with E-state index in [-0.39, 0.29) is 11.4 Å². The van der Waals surface area contributed by atoms with Gasteiger partial charge in [0.15, 0.2) is 0 Å². The van der Waals surface area contributed by atoms with Gasteiger partial charge in [-0.2, -0.15) is 0 Å². The Hall–Kier alpha value is -3.24. The van der Waals surface area contributed by atoms with Crippen LogP contribution in [0.4, 0.5) is 11.4 Å². The third-order valence-corrected chi connectivity index (χ3v) is 4.29. The van der Waals surface area contributed by atoms with Crippen LogP contribution in [0.3, 0.4) is 0 Å². The Morgan fingerprint density at radius 2 is 1.00 bits per heavy atom. The molecule has 0 fully saturated rings. The first-order valence-corrected chi connectivity index (χ1v) is 8.63. The van der Waals surface area contributed by atoms with E-state index in [4.69, 9.17) is 9.47 Å². The van der Waals surface area contributed by atoms with Gasteiger partial charge >= 0.3 is 0 Å². The van der Waals surface area contributed by atoms with Gasteiger partial charge in [0.05, 0.1) is 19.6 Å². The molecule has 10 heteroatoms. The Bertz CT molecular complexity index is 972. The zero-order valence-corrected chi connectivity index (χ0v) is 15.8. The number of nitro benzene ring substituents is 2. The fourth-order valence-electron chi connectivity index (χ4n) is 2.24. The molecule has 0 spiro atoms. The lowest BCUT2D eigenvalue weighted by Crippen LogP contribution is -1.91. The van der Waals surface area contributed by atoms with Crippen molar-refractivity contribution in [3.05, 3.63) is 80.9 Å². The van der Waals surface area contributed by atoms with Gasteiger partial charge in [-0.1, -0.05) is 0 Å². The summed E-state index contributed by atoms with van der Waals surface area (Å²) in [7, 11) is 0. The molecule has 0 unspecified atom stereocenters. The number of benzene rings is 3. The molecule has 0 N–H and O–H groups in total. The Morgan fingerprint density at radius 1 is 0.643 bits per heavy atom. The predicted octanol–water partition coefficient (Wildman–Crippen LogP) is 5.67. The van der Waals surface area contributed by atoms with Crippen LogP contribution in [0, 0.1) is 20.2 Å². The second-order valence-electron chi connectivity index (χ2n) is 5.49. The van der Waals surface area contributed by atoms with Gasteiger partial charge in [0.1, 0.15) is 23.0 Å². The first kappa shape index (κ1) is 19.5. The second kappa shape index (κ2) is 8.19. The van der Waals surface area contributed by atoms with Gasteiger partial charge in [-0.3, -0.25) is 20.2 Å². The Morgan fingerprint density at radius 3 is 1.29 bits per heavy atom. The average Bonchev–Trinajstić information content (AvgIpc) is 2.66. The minimum atomic E-state index is -0.510. The van der Waals surface area contributed by atoms with Gasteiger partial charge in [-0.05, 0) is 36.4 Å². The molecule has 0 bridgehead atoms. The summed E-state index contributed by atoms with van der Waals surface area (Å²) >= 11 is 8.40. The quantitative estimate of drug-likeness (QED) is 0.305. The molecule has 0 aliphatic heterocycles. The number of nitrogens with zero attached hydrogens (tertiary/aromatic N) is 2. The van der Waals surface area contributed by atoms with Crippen LogP contribution in [0.1, 0.15) is 0 Å². The Kier molecular flexibility index (Phi) is 5.71. The lowest BCUT2D eigenvalue weighted by Gasteiger charge is -2.10. The van der Waals surface area contributed by atoms with E-state index in [1.807, 2.05) is 0 Å². The van der Waals surface area contributed by atoms with Gasteiger partial charge in [-0.15, -0.1) is 25.3 Å². The van der Waals surface area contributed by atoms with Gasteiger partial charge in [0.2, 0.25) is 0 Å². The summed E-state index contributed by atoms with van der Waals surface area (Å²) in [6.45, 7) is 0. The van der Waals surface area contributed by atoms with Gasteiger partial charge in [0, 0.05) is 24.3 Å². The third-order valence-electron chi connectivity index (χ3n) is 3.59. The highest BCUT2D eigenvalue weighted by Gasteiger charge is 2.12. The van der Waals surface area contributed by atoms with Crippen LogP contribution in [0.2, 0.25) is 0 Å². The molecule has 0 saturated heterocycles. The zero-order chi connectivity index (χ0) is 20.3. The molecule has 0 aromatic heterocycles. The Labute approximate surface area is 169 Å². The second-order valence-corrected chi connectivity index (χ2v) is 6.46. The van der Waals surface area contributed by atoms with Crippen LogP contribution < -0.4 is 9.47 Å². The van der Waals surface area contributed by atoms with Crippen molar-refractivity contribution in [3.8, 4) is 23.0 Å². The molecule has 3 aromatic carbocycles. The van der Waals surface area contributed by atoms with Crippen LogP contribution in [-0.2, 0) is 0 Å². The molecule has 0 atom stereocenters. The minimum Gasteiger partial charge on any atom is -0.456 e. The molecule has 0 saturated carbocycles. The molecule has 3 rings (SSSR count). The molecule has 0 heterocycles. The molecule has 142 valence electrons. The first-order chi connectivity index (χ1) is 13.3. The SMILES string of the molecule is O=[N+]([O-])c1ccc(Oc2ccc(Oc3ccc([N+](=O)[O-])cc3S)cc2)c(S)c1. The minimum absolute atomic E-state index is 0.0771. The number of thiol groups is 2. The standard InChI is InChI=1S/C18H12N2O6S2/c21-19(22)11-1-7-15(17(27)9-11)25-13-3-5-14(6-4-13)26-16-8-2-12(20(23)24)10-18(16)28/h1-10,27-28H. The maximum Gasteiger partial charge on any atom is 0.270 e. The van der Waals surface area contributed by atoms with Gasteiger partial charge < -0.3 is 9.47 Å². The molecule has 28 heavy (non-hydrogen) atoms. The van der Waals surface area contributed by atoms with Gasteiger partial charge in [-0.25, -0.2) is 0 Å². The van der Waals surface area contributed by atoms with Crippen molar-refractivity contribution in [1.29, 1.82) is 0 Å². The van der Waals surface area contributed by atoms with E-state index < -0.39 is 9.85 Å². The summed E-state index contributed by atoms with van der Waals surface area (Å²) in [5, 5.41) is 21.5. The van der Waals surface area contributed by atoms with Crippen LogP contribution in [-0.4, -0.2) is 9.85 Å². The summed E-state index contributed by atoms with van der Waals surface area (Å²) in [6, 6.07) is 14.8. The third kappa shape index (κ3) is 4.53. The highest BCUT2D eigenvalue weighted by molar-refractivity contribution is 7.80. The van der Waals surface area contributed by atoms with E-state index in [1.165, 1.54) is 36.4 Å². The molecule has 0 amide bonds. The van der Waals surface area contributed by atoms with Crippen molar-refractivity contribution in [2.45, 2.75) is 9.79 Å². The van der Waals surface area contributed by atoms with Crippen LogP contribution in [0.5, 0.6) is 23.0 Å². The maximum atomic E-state index is 10.8. The lowest BCUT2D eigenvalue weighted by molar-refractivity contribution is -0.385. The largest absolute Gasteiger partial charge is 0.456 e. The molecule has 0 aliphatic rings. The van der Waals surface area contributed by atoms with Crippen molar-refractivity contribution in [1.82, 2.24) is 0 Å². The van der Waals surface area contributed by atoms with Crippen molar-refractivity contribution >= 4 is 36.6 Å². The summed E-state index contributed by atoms with van der Waals surface area (Å²) < 4.78 is 11.3. The first-order valence-electron chi connectivity index (χ1n) is 7.74. The topological polar surface area (TPSA) is 105 Å². The summed E-state index contributed by atoms with van der Waals surface area (Å²) in [6.07, 6.45) is 0. The highest BCUT2D eigenvalue weighted by Crippen LogP contribution is 2.34. The van der Waals surface area contributed by atoms with E-state index in [1.54, 1.807) is 24.3 Å². The number of non-ortho nitro benzene ring substituents is 2. The number of ether oxygens (including phenoxy) is 2. The zero-order valence-electron chi connectivity index (χ0n) is 14.0. The van der Waals surface area contributed by atoms with Crippen molar-refractivity contribution in [3.63, 3.8) is 0 Å². The van der Waals surface area contributed by atoms with E-state index in [0.29, 0.717) is 32.8 Å². The van der Waals surface area contributed by atoms with E-state index in [2.05, 4.69) is 25.3 Å². The van der Waals surface area contributed by atoms with Crippen LogP contribution >= 0.6 is 25.3 Å². The molecule has 3 aromatic rings. The summed E-state index contributed by atoms with van der Waals surface area (Å²) in [5.41, 5.74) is -0.154. The van der Waals surface area contributed by atoms with Crippen molar-refractivity contribution in [2.24, 2.45) is 0 Å². The molecular weight excluding hydrogens is 404 g/mol. The van der Waals surface area contributed by atoms with Gasteiger partial charge in [0.25, 0.3) is 11.4 Å². The highest BCUT2D eigenvalue weighted by atomic mass is 32.1. The number of rotatable bonds is 6. The van der Waals surface area contributed by atoms with E-state index in [9.17, 15) is 20.2 Å². The van der Waals surface area contributed by atoms with E-state index >= 15 is 0 Å². The number of hydrogen-bond acceptors (Lipinski definition) is 8. The monoisotopic (exact) mass is 416 g/mol. The summed E-state index contributed by atoms with van der Waals surface area (Å²) in [5.74, 6) is 1.70. The van der Waals surface area contributed by atoms with Crippen molar-refractivity contribution in [2.75, 3.05) is 0 Å². The molecular formula is C18H12N2O6S2. The average molecular weight is 416 g/mol. The number of hydrogen-bond donors (Lipinski definition) is 2. The predicted molar refractivity (Wildman–Crippen MR) is 107 cm³/mol. The normalized spacial score (nSPS) is 10.4. The fourth-order valence-corrected chi connectivity index (χ4v) is 2.75. The fraction of sp³-hybridized carbons (Fsp3) is 0. The number of nitro groups is 2. The lowest BCUT2D eigenvalue weighted by atomic mass is 10.3. The smallest absolute Gasteiger partial charge is 0.270 e. The molecule has 8 nitrogen and oxygen atoms in total. The summed E-state index contributed by atoms with van der Waals surface area (Å²) in [4.78, 5) is 21.2. The Balaban J connectivity index is 1.72. The van der Waals surface area contributed by atoms with Crippen molar-refractivity contribution < 1.29 is 19.3 Å².